The van der Waals surface area contributed by atoms with Crippen LogP contribution in [0.25, 0.3) is 21.6 Å². The SMILES string of the molecule is Clc1nc(-c2cccs2)c2[nH]ccc2n1. The molecule has 3 nitrogen and oxygen atoms in total. The molecule has 0 atom stereocenters. The molecule has 0 aliphatic rings. The van der Waals surface area contributed by atoms with Crippen molar-refractivity contribution in [1.82, 2.24) is 15.0 Å². The van der Waals surface area contributed by atoms with Gasteiger partial charge in [-0.15, -0.1) is 11.3 Å². The first-order valence-corrected chi connectivity index (χ1v) is 5.65. The largest absolute Gasteiger partial charge is 0.358 e. The summed E-state index contributed by atoms with van der Waals surface area (Å²) in [6, 6.07) is 5.90. The number of hydrogen-bond acceptors (Lipinski definition) is 3. The van der Waals surface area contributed by atoms with E-state index in [2.05, 4.69) is 15.0 Å². The van der Waals surface area contributed by atoms with Crippen LogP contribution in [0.5, 0.6) is 0 Å². The van der Waals surface area contributed by atoms with E-state index >= 15 is 0 Å². The zero-order chi connectivity index (χ0) is 10.3. The zero-order valence-electron chi connectivity index (χ0n) is 7.57. The Morgan fingerprint density at radius 2 is 2.20 bits per heavy atom. The second-order valence-corrected chi connectivity index (χ2v) is 4.34. The van der Waals surface area contributed by atoms with Crippen molar-refractivity contribution in [3.63, 3.8) is 0 Å². The molecule has 0 amide bonds. The van der Waals surface area contributed by atoms with E-state index in [0.29, 0.717) is 0 Å². The minimum Gasteiger partial charge on any atom is -0.358 e. The van der Waals surface area contributed by atoms with Gasteiger partial charge in [-0.1, -0.05) is 6.07 Å². The minimum absolute atomic E-state index is 0.283. The Labute approximate surface area is 94.8 Å². The van der Waals surface area contributed by atoms with Gasteiger partial charge in [0, 0.05) is 6.20 Å². The fourth-order valence-corrected chi connectivity index (χ4v) is 2.40. The summed E-state index contributed by atoms with van der Waals surface area (Å²) in [6.45, 7) is 0. The number of H-pyrrole nitrogens is 1. The predicted octanol–water partition coefficient (Wildman–Crippen LogP) is 3.34. The number of hydrogen-bond donors (Lipinski definition) is 1. The Kier molecular flexibility index (Phi) is 1.97. The molecule has 0 fully saturated rings. The monoisotopic (exact) mass is 235 g/mol. The van der Waals surface area contributed by atoms with Crippen LogP contribution in [0, 0.1) is 0 Å². The first-order chi connectivity index (χ1) is 7.34. The highest BCUT2D eigenvalue weighted by atomic mass is 35.5. The molecular weight excluding hydrogens is 230 g/mol. The van der Waals surface area contributed by atoms with Crippen LogP contribution in [-0.2, 0) is 0 Å². The molecule has 0 radical (unpaired) electrons. The van der Waals surface area contributed by atoms with E-state index in [9.17, 15) is 0 Å². The molecule has 15 heavy (non-hydrogen) atoms. The Balaban J connectivity index is 2.38. The first kappa shape index (κ1) is 8.88. The lowest BCUT2D eigenvalue weighted by Crippen LogP contribution is -1.87. The molecule has 0 spiro atoms. The van der Waals surface area contributed by atoms with E-state index in [1.54, 1.807) is 11.3 Å². The molecule has 3 aromatic rings. The van der Waals surface area contributed by atoms with Crippen LogP contribution in [0.3, 0.4) is 0 Å². The summed E-state index contributed by atoms with van der Waals surface area (Å²) in [5.74, 6) is 0. The van der Waals surface area contributed by atoms with Gasteiger partial charge in [0.05, 0.1) is 15.9 Å². The molecule has 1 N–H and O–H groups in total. The summed E-state index contributed by atoms with van der Waals surface area (Å²) >= 11 is 7.50. The number of aromatic amines is 1. The van der Waals surface area contributed by atoms with Crippen LogP contribution in [0.4, 0.5) is 0 Å². The highest BCUT2D eigenvalue weighted by Crippen LogP contribution is 2.29. The standard InChI is InChI=1S/C10H6ClN3S/c11-10-13-6-3-4-12-8(6)9(14-10)7-2-1-5-15-7/h1-5,12H. The van der Waals surface area contributed by atoms with Gasteiger partial charge in [0.15, 0.2) is 0 Å². The Morgan fingerprint density at radius 3 is 3.00 bits per heavy atom. The van der Waals surface area contributed by atoms with Crippen molar-refractivity contribution in [2.45, 2.75) is 0 Å². The van der Waals surface area contributed by atoms with Gasteiger partial charge in [0.25, 0.3) is 0 Å². The lowest BCUT2D eigenvalue weighted by Gasteiger charge is -1.99. The maximum Gasteiger partial charge on any atom is 0.223 e. The van der Waals surface area contributed by atoms with Gasteiger partial charge in [0.2, 0.25) is 5.28 Å². The Morgan fingerprint density at radius 1 is 1.27 bits per heavy atom. The molecule has 0 saturated heterocycles. The average molecular weight is 236 g/mol. The van der Waals surface area contributed by atoms with Gasteiger partial charge in [-0.2, -0.15) is 0 Å². The third-order valence-corrected chi connectivity index (χ3v) is 3.18. The molecule has 0 bridgehead atoms. The second kappa shape index (κ2) is 3.32. The van der Waals surface area contributed by atoms with E-state index in [1.807, 2.05) is 29.8 Å². The molecular formula is C10H6ClN3S. The highest BCUT2D eigenvalue weighted by molar-refractivity contribution is 7.13. The van der Waals surface area contributed by atoms with Gasteiger partial charge < -0.3 is 4.98 Å². The van der Waals surface area contributed by atoms with Crippen LogP contribution >= 0.6 is 22.9 Å². The molecule has 3 heterocycles. The van der Waals surface area contributed by atoms with Gasteiger partial charge in [0.1, 0.15) is 5.69 Å². The lowest BCUT2D eigenvalue weighted by atomic mass is 10.3. The average Bonchev–Trinajstić information content (AvgIpc) is 2.86. The maximum absolute atomic E-state index is 5.87. The summed E-state index contributed by atoms with van der Waals surface area (Å²) in [5, 5.41) is 2.30. The van der Waals surface area contributed by atoms with Gasteiger partial charge in [-0.3, -0.25) is 0 Å². The number of rotatable bonds is 1. The minimum atomic E-state index is 0.283. The Bertz CT molecular complexity index is 600. The zero-order valence-corrected chi connectivity index (χ0v) is 9.14. The van der Waals surface area contributed by atoms with E-state index in [-0.39, 0.29) is 5.28 Å². The van der Waals surface area contributed by atoms with Crippen LogP contribution < -0.4 is 0 Å². The third kappa shape index (κ3) is 1.42. The van der Waals surface area contributed by atoms with E-state index in [1.165, 1.54) is 0 Å². The van der Waals surface area contributed by atoms with E-state index < -0.39 is 0 Å². The molecule has 0 aliphatic carbocycles. The molecule has 0 aliphatic heterocycles. The van der Waals surface area contributed by atoms with Crippen molar-refractivity contribution in [3.8, 4) is 10.6 Å². The number of nitrogens with zero attached hydrogens (tertiary/aromatic N) is 2. The van der Waals surface area contributed by atoms with Crippen molar-refractivity contribution in [1.29, 1.82) is 0 Å². The summed E-state index contributed by atoms with van der Waals surface area (Å²) in [6.07, 6.45) is 1.84. The molecule has 3 aromatic heterocycles. The van der Waals surface area contributed by atoms with Crippen LogP contribution in [-0.4, -0.2) is 15.0 Å². The summed E-state index contributed by atoms with van der Waals surface area (Å²) in [7, 11) is 0. The number of aromatic nitrogens is 3. The van der Waals surface area contributed by atoms with Crippen molar-refractivity contribution < 1.29 is 0 Å². The van der Waals surface area contributed by atoms with Crippen LogP contribution in [0.15, 0.2) is 29.8 Å². The van der Waals surface area contributed by atoms with Crippen molar-refractivity contribution in [3.05, 3.63) is 35.1 Å². The quantitative estimate of drug-likeness (QED) is 0.658. The molecule has 0 saturated carbocycles. The topological polar surface area (TPSA) is 41.6 Å². The fraction of sp³-hybridized carbons (Fsp3) is 0. The van der Waals surface area contributed by atoms with Crippen molar-refractivity contribution in [2.24, 2.45) is 0 Å². The van der Waals surface area contributed by atoms with Gasteiger partial charge in [-0.05, 0) is 29.1 Å². The Hall–Kier alpha value is -1.39. The van der Waals surface area contributed by atoms with Crippen molar-refractivity contribution in [2.75, 3.05) is 0 Å². The second-order valence-electron chi connectivity index (χ2n) is 3.06. The van der Waals surface area contributed by atoms with Crippen molar-refractivity contribution >= 4 is 34.0 Å². The van der Waals surface area contributed by atoms with E-state index in [0.717, 1.165) is 21.6 Å². The van der Waals surface area contributed by atoms with Crippen LogP contribution in [0.2, 0.25) is 5.28 Å². The predicted molar refractivity (Wildman–Crippen MR) is 62.2 cm³/mol. The highest BCUT2D eigenvalue weighted by Gasteiger charge is 2.09. The van der Waals surface area contributed by atoms with E-state index in [4.69, 9.17) is 11.6 Å². The molecule has 0 unspecified atom stereocenters. The lowest BCUT2D eigenvalue weighted by molar-refractivity contribution is 1.23. The number of halogens is 1. The normalized spacial score (nSPS) is 11.0. The number of thiophene rings is 1. The molecule has 3 rings (SSSR count). The summed E-state index contributed by atoms with van der Waals surface area (Å²) in [4.78, 5) is 12.6. The van der Waals surface area contributed by atoms with Gasteiger partial charge >= 0.3 is 0 Å². The third-order valence-electron chi connectivity index (χ3n) is 2.13. The van der Waals surface area contributed by atoms with Gasteiger partial charge in [-0.25, -0.2) is 9.97 Å². The maximum atomic E-state index is 5.87. The molecule has 74 valence electrons. The fourth-order valence-electron chi connectivity index (χ4n) is 1.51. The molecule has 5 heteroatoms. The first-order valence-electron chi connectivity index (χ1n) is 4.39. The smallest absolute Gasteiger partial charge is 0.223 e. The summed E-state index contributed by atoms with van der Waals surface area (Å²) < 4.78 is 0. The number of fused-ring (bicyclic) bond motifs is 1. The number of nitrogens with one attached hydrogen (secondary N) is 1. The molecule has 0 aromatic carbocycles. The summed E-state index contributed by atoms with van der Waals surface area (Å²) in [5.41, 5.74) is 2.64. The van der Waals surface area contributed by atoms with Crippen LogP contribution in [0.1, 0.15) is 0 Å².